The van der Waals surface area contributed by atoms with E-state index in [0.29, 0.717) is 17.8 Å². The van der Waals surface area contributed by atoms with Crippen LogP contribution in [0, 0.1) is 5.82 Å². The molecule has 1 aliphatic rings. The number of amides is 2. The van der Waals surface area contributed by atoms with Crippen molar-refractivity contribution in [3.8, 4) is 0 Å². The van der Waals surface area contributed by atoms with E-state index >= 15 is 0 Å². The number of carbonyl (C=O) groups excluding carboxylic acids is 2. The molecule has 1 aromatic rings. The Morgan fingerprint density at radius 1 is 1.52 bits per heavy atom. The fourth-order valence-corrected chi connectivity index (χ4v) is 2.25. The maximum atomic E-state index is 14.0. The van der Waals surface area contributed by atoms with Gasteiger partial charge in [-0.05, 0) is 23.6 Å². The van der Waals surface area contributed by atoms with E-state index in [4.69, 9.17) is 4.74 Å². The molecule has 21 heavy (non-hydrogen) atoms. The van der Waals surface area contributed by atoms with Crippen LogP contribution in [-0.4, -0.2) is 31.2 Å². The SMILES string of the molecule is CC(=O)NC[C@@H]1CN(c2ccc(C(C)C)c(F)c2)C(=O)O1. The van der Waals surface area contributed by atoms with E-state index in [9.17, 15) is 14.0 Å². The molecule has 1 aliphatic heterocycles. The largest absolute Gasteiger partial charge is 0.442 e. The molecule has 1 saturated heterocycles. The summed E-state index contributed by atoms with van der Waals surface area (Å²) >= 11 is 0. The zero-order valence-corrected chi connectivity index (χ0v) is 12.4. The molecule has 2 rings (SSSR count). The fraction of sp³-hybridized carbons (Fsp3) is 0.467. The third-order valence-corrected chi connectivity index (χ3v) is 3.37. The van der Waals surface area contributed by atoms with Gasteiger partial charge in [-0.25, -0.2) is 9.18 Å². The quantitative estimate of drug-likeness (QED) is 0.927. The van der Waals surface area contributed by atoms with Crippen molar-refractivity contribution in [2.45, 2.75) is 32.8 Å². The van der Waals surface area contributed by atoms with Gasteiger partial charge in [-0.3, -0.25) is 9.69 Å². The molecular weight excluding hydrogens is 275 g/mol. The van der Waals surface area contributed by atoms with Gasteiger partial charge in [-0.2, -0.15) is 0 Å². The van der Waals surface area contributed by atoms with Gasteiger partial charge in [0.25, 0.3) is 0 Å². The molecule has 0 spiro atoms. The second-order valence-electron chi connectivity index (χ2n) is 5.41. The smallest absolute Gasteiger partial charge is 0.414 e. The number of cyclic esters (lactones) is 1. The topological polar surface area (TPSA) is 58.6 Å². The second kappa shape index (κ2) is 6.11. The predicted molar refractivity (Wildman–Crippen MR) is 76.8 cm³/mol. The first-order valence-corrected chi connectivity index (χ1v) is 6.90. The van der Waals surface area contributed by atoms with Crippen LogP contribution in [-0.2, 0) is 9.53 Å². The average molecular weight is 294 g/mol. The molecule has 0 aromatic heterocycles. The molecule has 1 fully saturated rings. The van der Waals surface area contributed by atoms with Gasteiger partial charge < -0.3 is 10.1 Å². The van der Waals surface area contributed by atoms with Gasteiger partial charge in [0.1, 0.15) is 11.9 Å². The molecule has 0 radical (unpaired) electrons. The third-order valence-electron chi connectivity index (χ3n) is 3.37. The first-order valence-electron chi connectivity index (χ1n) is 6.90. The Morgan fingerprint density at radius 3 is 2.81 bits per heavy atom. The average Bonchev–Trinajstić information content (AvgIpc) is 2.77. The van der Waals surface area contributed by atoms with Crippen molar-refractivity contribution < 1.29 is 18.7 Å². The molecule has 1 heterocycles. The standard InChI is InChI=1S/C15H19FN2O3/c1-9(2)13-5-4-11(6-14(13)16)18-8-12(21-15(18)20)7-17-10(3)19/h4-6,9,12H,7-8H2,1-3H3,(H,17,19)/t12-/m1/s1. The number of benzene rings is 1. The van der Waals surface area contributed by atoms with Gasteiger partial charge in [-0.1, -0.05) is 19.9 Å². The summed E-state index contributed by atoms with van der Waals surface area (Å²) in [6.07, 6.45) is -0.948. The van der Waals surface area contributed by atoms with Crippen molar-refractivity contribution in [3.05, 3.63) is 29.6 Å². The van der Waals surface area contributed by atoms with E-state index in [0.717, 1.165) is 0 Å². The number of hydrogen-bond acceptors (Lipinski definition) is 3. The van der Waals surface area contributed by atoms with Crippen LogP contribution < -0.4 is 10.2 Å². The van der Waals surface area contributed by atoms with Crippen molar-refractivity contribution >= 4 is 17.7 Å². The van der Waals surface area contributed by atoms with Gasteiger partial charge in [0.05, 0.1) is 18.8 Å². The lowest BCUT2D eigenvalue weighted by molar-refractivity contribution is -0.119. The van der Waals surface area contributed by atoms with Crippen molar-refractivity contribution in [3.63, 3.8) is 0 Å². The molecule has 0 aliphatic carbocycles. The van der Waals surface area contributed by atoms with Gasteiger partial charge in [0, 0.05) is 6.92 Å². The Hall–Kier alpha value is -2.11. The van der Waals surface area contributed by atoms with E-state index in [1.54, 1.807) is 12.1 Å². The molecule has 114 valence electrons. The number of nitrogens with zero attached hydrogens (tertiary/aromatic N) is 1. The van der Waals surface area contributed by atoms with E-state index < -0.39 is 12.2 Å². The Kier molecular flexibility index (Phi) is 4.45. The third kappa shape index (κ3) is 3.51. The summed E-state index contributed by atoms with van der Waals surface area (Å²) in [7, 11) is 0. The monoisotopic (exact) mass is 294 g/mol. The van der Waals surface area contributed by atoms with E-state index in [2.05, 4.69) is 5.32 Å². The number of rotatable bonds is 4. The second-order valence-corrected chi connectivity index (χ2v) is 5.41. The normalized spacial score (nSPS) is 18.0. The molecule has 5 nitrogen and oxygen atoms in total. The maximum Gasteiger partial charge on any atom is 0.414 e. The lowest BCUT2D eigenvalue weighted by atomic mass is 10.0. The highest BCUT2D eigenvalue weighted by molar-refractivity contribution is 5.89. The van der Waals surface area contributed by atoms with Crippen LogP contribution in [0.25, 0.3) is 0 Å². The number of halogens is 1. The van der Waals surface area contributed by atoms with Gasteiger partial charge in [0.2, 0.25) is 5.91 Å². The summed E-state index contributed by atoms with van der Waals surface area (Å²) in [5.41, 5.74) is 1.08. The van der Waals surface area contributed by atoms with Crippen LogP contribution in [0.1, 0.15) is 32.3 Å². The minimum absolute atomic E-state index is 0.0806. The number of carbonyl (C=O) groups is 2. The summed E-state index contributed by atoms with van der Waals surface area (Å²) in [5.74, 6) is -0.436. The molecule has 0 bridgehead atoms. The van der Waals surface area contributed by atoms with Crippen LogP contribution in [0.5, 0.6) is 0 Å². The molecule has 1 aromatic carbocycles. The molecule has 1 atom stereocenters. The maximum absolute atomic E-state index is 14.0. The van der Waals surface area contributed by atoms with Crippen molar-refractivity contribution in [2.75, 3.05) is 18.0 Å². The number of nitrogens with one attached hydrogen (secondary N) is 1. The van der Waals surface area contributed by atoms with Crippen LogP contribution in [0.3, 0.4) is 0 Å². The predicted octanol–water partition coefficient (Wildman–Crippen LogP) is 2.41. The molecule has 0 unspecified atom stereocenters. The van der Waals surface area contributed by atoms with Crippen molar-refractivity contribution in [2.24, 2.45) is 0 Å². The summed E-state index contributed by atoms with van der Waals surface area (Å²) in [4.78, 5) is 24.1. The van der Waals surface area contributed by atoms with Crippen molar-refractivity contribution in [1.82, 2.24) is 5.32 Å². The zero-order chi connectivity index (χ0) is 15.6. The Bertz CT molecular complexity index is 560. The van der Waals surface area contributed by atoms with E-state index in [1.807, 2.05) is 13.8 Å². The number of anilines is 1. The number of hydrogen-bond donors (Lipinski definition) is 1. The highest BCUT2D eigenvalue weighted by Gasteiger charge is 2.32. The van der Waals surface area contributed by atoms with Gasteiger partial charge in [-0.15, -0.1) is 0 Å². The Balaban J connectivity index is 2.10. The first-order chi connectivity index (χ1) is 9.88. The zero-order valence-electron chi connectivity index (χ0n) is 12.4. The van der Waals surface area contributed by atoms with E-state index in [1.165, 1.54) is 17.9 Å². The lowest BCUT2D eigenvalue weighted by Gasteiger charge is -2.15. The highest BCUT2D eigenvalue weighted by atomic mass is 19.1. The molecule has 6 heteroatoms. The first kappa shape index (κ1) is 15.3. The lowest BCUT2D eigenvalue weighted by Crippen LogP contribution is -2.33. The Labute approximate surface area is 123 Å². The molecule has 2 amide bonds. The summed E-state index contributed by atoms with van der Waals surface area (Å²) < 4.78 is 19.1. The molecular formula is C15H19FN2O3. The Morgan fingerprint density at radius 2 is 2.24 bits per heavy atom. The highest BCUT2D eigenvalue weighted by Crippen LogP contribution is 2.26. The molecule has 1 N–H and O–H groups in total. The van der Waals surface area contributed by atoms with Crippen LogP contribution in [0.15, 0.2) is 18.2 Å². The summed E-state index contributed by atoms with van der Waals surface area (Å²) in [6.45, 7) is 5.76. The van der Waals surface area contributed by atoms with Gasteiger partial charge >= 0.3 is 6.09 Å². The number of ether oxygens (including phenoxy) is 1. The van der Waals surface area contributed by atoms with Gasteiger partial charge in [0.15, 0.2) is 0 Å². The van der Waals surface area contributed by atoms with Crippen LogP contribution in [0.4, 0.5) is 14.9 Å². The van der Waals surface area contributed by atoms with Crippen LogP contribution in [0.2, 0.25) is 0 Å². The fourth-order valence-electron chi connectivity index (χ4n) is 2.25. The molecule has 0 saturated carbocycles. The summed E-state index contributed by atoms with van der Waals surface area (Å²) in [6, 6.07) is 4.74. The summed E-state index contributed by atoms with van der Waals surface area (Å²) in [5, 5.41) is 2.60. The minimum atomic E-state index is -0.526. The van der Waals surface area contributed by atoms with Crippen molar-refractivity contribution in [1.29, 1.82) is 0 Å². The van der Waals surface area contributed by atoms with Crippen LogP contribution >= 0.6 is 0 Å². The van der Waals surface area contributed by atoms with E-state index in [-0.39, 0.29) is 24.2 Å². The minimum Gasteiger partial charge on any atom is -0.442 e.